The first-order chi connectivity index (χ1) is 10.0. The van der Waals surface area contributed by atoms with Crippen molar-refractivity contribution in [2.24, 2.45) is 0 Å². The number of anilines is 1. The second-order valence-electron chi connectivity index (χ2n) is 4.28. The van der Waals surface area contributed by atoms with Gasteiger partial charge in [-0.3, -0.25) is 9.78 Å². The van der Waals surface area contributed by atoms with Crippen LogP contribution in [0.3, 0.4) is 0 Å². The number of carbonyl (C=O) groups is 2. The van der Waals surface area contributed by atoms with E-state index >= 15 is 0 Å². The average Bonchev–Trinajstić information content (AvgIpc) is 2.84. The fourth-order valence-corrected chi connectivity index (χ4v) is 2.31. The van der Waals surface area contributed by atoms with Gasteiger partial charge in [0.15, 0.2) is 0 Å². The number of carbonyl (C=O) groups excluding carboxylic acids is 1. The summed E-state index contributed by atoms with van der Waals surface area (Å²) in [6.07, 6.45) is 1.28. The third-order valence-electron chi connectivity index (χ3n) is 2.67. The first kappa shape index (κ1) is 14.9. The maximum absolute atomic E-state index is 11.7. The number of hydrogen-bond donors (Lipinski definition) is 3. The normalized spacial score (nSPS) is 10.1. The SMILES string of the molecule is Cc1ncsc1CNC(=O)Nc1ccc(CC(=O)O)nc1. The molecule has 2 aromatic heterocycles. The summed E-state index contributed by atoms with van der Waals surface area (Å²) in [5, 5.41) is 14.0. The molecule has 0 saturated carbocycles. The third kappa shape index (κ3) is 4.53. The number of amides is 2. The monoisotopic (exact) mass is 306 g/mol. The molecule has 3 N–H and O–H groups in total. The number of carboxylic acids is 1. The Bertz CT molecular complexity index is 639. The molecule has 0 aliphatic carbocycles. The second-order valence-corrected chi connectivity index (χ2v) is 5.22. The van der Waals surface area contributed by atoms with E-state index in [1.807, 2.05) is 6.92 Å². The van der Waals surface area contributed by atoms with Crippen molar-refractivity contribution in [3.63, 3.8) is 0 Å². The highest BCUT2D eigenvalue weighted by molar-refractivity contribution is 7.09. The molecule has 2 heterocycles. The van der Waals surface area contributed by atoms with Gasteiger partial charge in [0.1, 0.15) is 0 Å². The molecular formula is C13H14N4O3S. The highest BCUT2D eigenvalue weighted by Gasteiger charge is 2.06. The lowest BCUT2D eigenvalue weighted by Gasteiger charge is -2.07. The molecule has 7 nitrogen and oxygen atoms in total. The van der Waals surface area contributed by atoms with Crippen molar-refractivity contribution in [2.75, 3.05) is 5.32 Å². The minimum atomic E-state index is -0.944. The Hall–Kier alpha value is -2.48. The maximum atomic E-state index is 11.7. The highest BCUT2D eigenvalue weighted by Crippen LogP contribution is 2.11. The number of pyridine rings is 1. The van der Waals surface area contributed by atoms with E-state index in [9.17, 15) is 9.59 Å². The lowest BCUT2D eigenvalue weighted by atomic mass is 10.2. The molecular weight excluding hydrogens is 292 g/mol. The first-order valence-electron chi connectivity index (χ1n) is 6.15. The van der Waals surface area contributed by atoms with E-state index in [0.29, 0.717) is 17.9 Å². The van der Waals surface area contributed by atoms with Gasteiger partial charge in [-0.1, -0.05) is 0 Å². The number of urea groups is 1. The first-order valence-corrected chi connectivity index (χ1v) is 7.03. The van der Waals surface area contributed by atoms with Crippen molar-refractivity contribution in [3.8, 4) is 0 Å². The van der Waals surface area contributed by atoms with Crippen LogP contribution in [0.2, 0.25) is 0 Å². The lowest BCUT2D eigenvalue weighted by molar-refractivity contribution is -0.136. The molecule has 2 rings (SSSR count). The molecule has 0 aliphatic rings. The number of aliphatic carboxylic acids is 1. The zero-order valence-corrected chi connectivity index (χ0v) is 12.1. The van der Waals surface area contributed by atoms with Gasteiger partial charge >= 0.3 is 12.0 Å². The summed E-state index contributed by atoms with van der Waals surface area (Å²) in [4.78, 5) is 31.3. The number of nitrogens with zero attached hydrogens (tertiary/aromatic N) is 2. The van der Waals surface area contributed by atoms with Crippen molar-refractivity contribution >= 4 is 29.0 Å². The number of thiazole rings is 1. The Morgan fingerprint density at radius 1 is 1.33 bits per heavy atom. The fraction of sp³-hybridized carbons (Fsp3) is 0.231. The second kappa shape index (κ2) is 6.80. The molecule has 2 amide bonds. The molecule has 8 heteroatoms. The highest BCUT2D eigenvalue weighted by atomic mass is 32.1. The van der Waals surface area contributed by atoms with Gasteiger partial charge in [-0.05, 0) is 19.1 Å². The van der Waals surface area contributed by atoms with Crippen molar-refractivity contribution in [1.82, 2.24) is 15.3 Å². The van der Waals surface area contributed by atoms with Crippen LogP contribution in [-0.4, -0.2) is 27.1 Å². The predicted octanol–water partition coefficient (Wildman–Crippen LogP) is 1.80. The molecule has 0 radical (unpaired) electrons. The largest absolute Gasteiger partial charge is 0.481 e. The molecule has 2 aromatic rings. The van der Waals surface area contributed by atoms with E-state index in [1.54, 1.807) is 17.6 Å². The summed E-state index contributed by atoms with van der Waals surface area (Å²) >= 11 is 1.48. The van der Waals surface area contributed by atoms with E-state index in [-0.39, 0.29) is 12.5 Å². The predicted molar refractivity (Wildman–Crippen MR) is 78.3 cm³/mol. The van der Waals surface area contributed by atoms with Gasteiger partial charge in [0, 0.05) is 4.88 Å². The molecule has 110 valence electrons. The number of nitrogens with one attached hydrogen (secondary N) is 2. The van der Waals surface area contributed by atoms with Crippen LogP contribution in [0.4, 0.5) is 10.5 Å². The molecule has 0 aliphatic heterocycles. The van der Waals surface area contributed by atoms with Crippen molar-refractivity contribution in [1.29, 1.82) is 0 Å². The van der Waals surface area contributed by atoms with Crippen LogP contribution in [0, 0.1) is 6.92 Å². The Balaban J connectivity index is 1.85. The number of aromatic nitrogens is 2. The summed E-state index contributed by atoms with van der Waals surface area (Å²) in [6.45, 7) is 2.30. The van der Waals surface area contributed by atoms with Crippen molar-refractivity contribution < 1.29 is 14.7 Å². The number of rotatable bonds is 5. The summed E-state index contributed by atoms with van der Waals surface area (Å²) in [7, 11) is 0. The number of carboxylic acid groups (broad SMARTS) is 1. The standard InChI is InChI=1S/C13H14N4O3S/c1-8-11(21-7-16-8)6-15-13(20)17-10-3-2-9(14-5-10)4-12(18)19/h2-3,5,7H,4,6H2,1H3,(H,18,19)(H2,15,17,20). The van der Waals surface area contributed by atoms with Gasteiger partial charge in [-0.15, -0.1) is 11.3 Å². The molecule has 0 atom stereocenters. The molecule has 0 spiro atoms. The Kier molecular flexibility index (Phi) is 4.83. The van der Waals surface area contributed by atoms with Gasteiger partial charge < -0.3 is 15.7 Å². The molecule has 21 heavy (non-hydrogen) atoms. The maximum Gasteiger partial charge on any atom is 0.319 e. The minimum Gasteiger partial charge on any atom is -0.481 e. The van der Waals surface area contributed by atoms with Gasteiger partial charge in [0.05, 0.1) is 41.7 Å². The van der Waals surface area contributed by atoms with Gasteiger partial charge in [-0.2, -0.15) is 0 Å². The zero-order valence-electron chi connectivity index (χ0n) is 11.3. The van der Waals surface area contributed by atoms with Crippen molar-refractivity contribution in [3.05, 3.63) is 40.1 Å². The van der Waals surface area contributed by atoms with Gasteiger partial charge in [-0.25, -0.2) is 9.78 Å². The molecule has 0 bridgehead atoms. The van der Waals surface area contributed by atoms with Gasteiger partial charge in [0.25, 0.3) is 0 Å². The van der Waals surface area contributed by atoms with E-state index in [0.717, 1.165) is 10.6 Å². The molecule has 0 fully saturated rings. The minimum absolute atomic E-state index is 0.142. The Morgan fingerprint density at radius 2 is 2.14 bits per heavy atom. The summed E-state index contributed by atoms with van der Waals surface area (Å²) in [5.41, 5.74) is 3.58. The summed E-state index contributed by atoms with van der Waals surface area (Å²) < 4.78 is 0. The van der Waals surface area contributed by atoms with Crippen LogP contribution in [0.15, 0.2) is 23.8 Å². The van der Waals surface area contributed by atoms with Crippen LogP contribution in [-0.2, 0) is 17.8 Å². The van der Waals surface area contributed by atoms with Crippen LogP contribution in [0.25, 0.3) is 0 Å². The van der Waals surface area contributed by atoms with E-state index in [2.05, 4.69) is 20.6 Å². The smallest absolute Gasteiger partial charge is 0.319 e. The Morgan fingerprint density at radius 3 is 2.71 bits per heavy atom. The van der Waals surface area contributed by atoms with Crippen LogP contribution in [0.1, 0.15) is 16.3 Å². The molecule has 0 aromatic carbocycles. The third-order valence-corrected chi connectivity index (χ3v) is 3.60. The molecule has 0 saturated heterocycles. The van der Waals surface area contributed by atoms with Crippen LogP contribution < -0.4 is 10.6 Å². The number of aryl methyl sites for hydroxylation is 1. The average molecular weight is 306 g/mol. The Labute approximate surface area is 125 Å². The van der Waals surface area contributed by atoms with Crippen LogP contribution in [0.5, 0.6) is 0 Å². The zero-order chi connectivity index (χ0) is 15.2. The lowest BCUT2D eigenvalue weighted by Crippen LogP contribution is -2.28. The van der Waals surface area contributed by atoms with E-state index in [1.165, 1.54) is 17.5 Å². The van der Waals surface area contributed by atoms with Crippen LogP contribution >= 0.6 is 11.3 Å². The summed E-state index contributed by atoms with van der Waals surface area (Å²) in [6, 6.07) is 2.83. The van der Waals surface area contributed by atoms with E-state index < -0.39 is 5.97 Å². The topological polar surface area (TPSA) is 104 Å². The quantitative estimate of drug-likeness (QED) is 0.781. The van der Waals surface area contributed by atoms with E-state index in [4.69, 9.17) is 5.11 Å². The number of hydrogen-bond acceptors (Lipinski definition) is 5. The van der Waals surface area contributed by atoms with Crippen molar-refractivity contribution in [2.45, 2.75) is 19.9 Å². The molecule has 0 unspecified atom stereocenters. The van der Waals surface area contributed by atoms with Gasteiger partial charge in [0.2, 0.25) is 0 Å². The summed E-state index contributed by atoms with van der Waals surface area (Å²) in [5.74, 6) is -0.944. The fourth-order valence-electron chi connectivity index (χ4n) is 1.59.